The van der Waals surface area contributed by atoms with Gasteiger partial charge in [-0.15, -0.1) is 0 Å². The number of hydrogen-bond acceptors (Lipinski definition) is 4. The molecule has 82 valence electrons. The molecule has 0 aliphatic rings. The Bertz CT molecular complexity index is 499. The van der Waals surface area contributed by atoms with Crippen LogP contribution in [0.5, 0.6) is 0 Å². The van der Waals surface area contributed by atoms with E-state index in [1.54, 1.807) is 18.2 Å². The number of nitrogens with one attached hydrogen (secondary N) is 1. The molecule has 2 amide bonds. The highest BCUT2D eigenvalue weighted by Gasteiger charge is 2.18. The van der Waals surface area contributed by atoms with Gasteiger partial charge in [-0.1, -0.05) is 27.1 Å². The van der Waals surface area contributed by atoms with Gasteiger partial charge in [0.25, 0.3) is 5.95 Å². The Morgan fingerprint density at radius 2 is 2.31 bits per heavy atom. The molecule has 0 unspecified atom stereocenters. The fraction of sp³-hybridized carbons (Fsp3) is 0. The number of primary amides is 1. The van der Waals surface area contributed by atoms with Gasteiger partial charge in [-0.2, -0.15) is 0 Å². The van der Waals surface area contributed by atoms with Crippen LogP contribution in [-0.4, -0.2) is 26.7 Å². The summed E-state index contributed by atoms with van der Waals surface area (Å²) in [6.45, 7) is 0. The van der Waals surface area contributed by atoms with Crippen molar-refractivity contribution in [1.82, 2.24) is 20.6 Å². The molecule has 2 aromatic rings. The Labute approximate surface area is 98.8 Å². The zero-order valence-electron chi connectivity index (χ0n) is 7.96. The zero-order chi connectivity index (χ0) is 11.5. The van der Waals surface area contributed by atoms with E-state index < -0.39 is 6.03 Å². The van der Waals surface area contributed by atoms with Crippen molar-refractivity contribution >= 4 is 33.6 Å². The lowest BCUT2D eigenvalue weighted by atomic mass is 10.3. The molecule has 7 nitrogen and oxygen atoms in total. The van der Waals surface area contributed by atoms with Crippen LogP contribution in [0, 0.1) is 0 Å². The van der Waals surface area contributed by atoms with Crippen LogP contribution in [-0.2, 0) is 0 Å². The highest BCUT2D eigenvalue weighted by atomic mass is 79.9. The number of rotatable bonds is 2. The number of aromatic nitrogens is 4. The minimum atomic E-state index is -0.670. The molecular formula is C8H7BrN6O. The Morgan fingerprint density at radius 3 is 2.88 bits per heavy atom. The summed E-state index contributed by atoms with van der Waals surface area (Å²) in [5.41, 5.74) is 5.84. The van der Waals surface area contributed by atoms with Crippen molar-refractivity contribution in [1.29, 1.82) is 0 Å². The third kappa shape index (κ3) is 2.01. The van der Waals surface area contributed by atoms with Crippen molar-refractivity contribution in [3.05, 3.63) is 28.7 Å². The van der Waals surface area contributed by atoms with Gasteiger partial charge in [-0.05, 0) is 28.6 Å². The first-order valence-electron chi connectivity index (χ1n) is 4.27. The van der Waals surface area contributed by atoms with Crippen LogP contribution in [0.2, 0.25) is 0 Å². The fourth-order valence-electron chi connectivity index (χ4n) is 1.22. The minimum Gasteiger partial charge on any atom is -0.351 e. The molecule has 0 radical (unpaired) electrons. The van der Waals surface area contributed by atoms with Gasteiger partial charge in [0.2, 0.25) is 0 Å². The van der Waals surface area contributed by atoms with Crippen molar-refractivity contribution < 1.29 is 4.79 Å². The number of carbonyl (C=O) groups excluding carboxylic acids is 1. The Balaban J connectivity index is 2.45. The molecule has 0 atom stereocenters. The maximum atomic E-state index is 11.3. The van der Waals surface area contributed by atoms with Crippen molar-refractivity contribution in [2.45, 2.75) is 0 Å². The van der Waals surface area contributed by atoms with Crippen LogP contribution in [0.1, 0.15) is 0 Å². The predicted molar refractivity (Wildman–Crippen MR) is 60.0 cm³/mol. The normalized spacial score (nSPS) is 10.1. The molecule has 1 heterocycles. The second kappa shape index (κ2) is 4.27. The van der Waals surface area contributed by atoms with Crippen LogP contribution in [0.15, 0.2) is 28.7 Å². The van der Waals surface area contributed by atoms with E-state index in [0.29, 0.717) is 5.69 Å². The molecule has 1 aromatic carbocycles. The highest BCUT2D eigenvalue weighted by molar-refractivity contribution is 9.10. The van der Waals surface area contributed by atoms with Gasteiger partial charge < -0.3 is 5.73 Å². The zero-order valence-corrected chi connectivity index (χ0v) is 9.55. The quantitative estimate of drug-likeness (QED) is 0.864. The molecule has 16 heavy (non-hydrogen) atoms. The number of carbonyl (C=O) groups is 1. The number of amides is 2. The summed E-state index contributed by atoms with van der Waals surface area (Å²) in [6.07, 6.45) is 0. The average molecular weight is 283 g/mol. The summed E-state index contributed by atoms with van der Waals surface area (Å²) >= 11 is 3.30. The van der Waals surface area contributed by atoms with Crippen molar-refractivity contribution in [3.63, 3.8) is 0 Å². The van der Waals surface area contributed by atoms with E-state index in [-0.39, 0.29) is 5.95 Å². The molecule has 0 saturated heterocycles. The molecule has 1 aromatic heterocycles. The van der Waals surface area contributed by atoms with Gasteiger partial charge in [-0.3, -0.25) is 0 Å². The average Bonchev–Trinajstić information content (AvgIpc) is 2.71. The number of tetrazole rings is 1. The van der Waals surface area contributed by atoms with Crippen LogP contribution >= 0.6 is 15.9 Å². The summed E-state index contributed by atoms with van der Waals surface area (Å²) < 4.78 is 0.823. The molecule has 3 N–H and O–H groups in total. The summed E-state index contributed by atoms with van der Waals surface area (Å²) in [4.78, 5) is 12.5. The lowest BCUT2D eigenvalue weighted by Crippen LogP contribution is -2.32. The number of nitrogens with two attached hydrogens (primary N) is 1. The molecular weight excluding hydrogens is 276 g/mol. The van der Waals surface area contributed by atoms with E-state index in [4.69, 9.17) is 5.73 Å². The van der Waals surface area contributed by atoms with Gasteiger partial charge in [0.15, 0.2) is 0 Å². The number of urea groups is 1. The molecule has 0 bridgehead atoms. The SMILES string of the molecule is NC(=O)N(c1cccc(Br)c1)c1nnn[nH]1. The minimum absolute atomic E-state index is 0.172. The summed E-state index contributed by atoms with van der Waals surface area (Å²) in [5.74, 6) is 0.172. The summed E-state index contributed by atoms with van der Waals surface area (Å²) in [7, 11) is 0. The van der Waals surface area contributed by atoms with E-state index in [1.807, 2.05) is 6.07 Å². The van der Waals surface area contributed by atoms with E-state index >= 15 is 0 Å². The maximum absolute atomic E-state index is 11.3. The lowest BCUT2D eigenvalue weighted by Gasteiger charge is -2.16. The predicted octanol–water partition coefficient (Wildman–Crippen LogP) is 1.18. The first-order valence-corrected chi connectivity index (χ1v) is 5.06. The number of nitrogens with zero attached hydrogens (tertiary/aromatic N) is 4. The third-order valence-electron chi connectivity index (χ3n) is 1.83. The molecule has 0 aliphatic heterocycles. The van der Waals surface area contributed by atoms with Crippen molar-refractivity contribution in [2.24, 2.45) is 5.73 Å². The van der Waals surface area contributed by atoms with Crippen LogP contribution in [0.25, 0.3) is 0 Å². The highest BCUT2D eigenvalue weighted by Crippen LogP contribution is 2.24. The standard InChI is InChI=1S/C8H7BrN6O/c9-5-2-1-3-6(4-5)15(7(10)16)8-11-13-14-12-8/h1-4H,(H2,10,16)(H,11,12,13,14). The summed E-state index contributed by atoms with van der Waals surface area (Å²) in [6, 6.07) is 6.39. The van der Waals surface area contributed by atoms with E-state index in [1.165, 1.54) is 4.90 Å². The first-order chi connectivity index (χ1) is 7.68. The fourth-order valence-corrected chi connectivity index (χ4v) is 1.61. The van der Waals surface area contributed by atoms with Crippen LogP contribution in [0.3, 0.4) is 0 Å². The third-order valence-corrected chi connectivity index (χ3v) is 2.33. The maximum Gasteiger partial charge on any atom is 0.326 e. The van der Waals surface area contributed by atoms with Gasteiger partial charge >= 0.3 is 6.03 Å². The largest absolute Gasteiger partial charge is 0.351 e. The first kappa shape index (κ1) is 10.6. The van der Waals surface area contributed by atoms with Gasteiger partial charge in [-0.25, -0.2) is 14.8 Å². The number of H-pyrrole nitrogens is 1. The molecule has 0 fully saturated rings. The van der Waals surface area contributed by atoms with E-state index in [9.17, 15) is 4.79 Å². The smallest absolute Gasteiger partial charge is 0.326 e. The Morgan fingerprint density at radius 1 is 1.50 bits per heavy atom. The molecule has 8 heteroatoms. The molecule has 0 spiro atoms. The summed E-state index contributed by atoms with van der Waals surface area (Å²) in [5, 5.41) is 12.9. The number of aromatic amines is 1. The van der Waals surface area contributed by atoms with Crippen LogP contribution < -0.4 is 10.6 Å². The molecule has 0 aliphatic carbocycles. The van der Waals surface area contributed by atoms with Gasteiger partial charge in [0.05, 0.1) is 5.69 Å². The van der Waals surface area contributed by atoms with Gasteiger partial charge in [0, 0.05) is 4.47 Å². The molecule has 2 rings (SSSR count). The Kier molecular flexibility index (Phi) is 2.82. The van der Waals surface area contributed by atoms with Gasteiger partial charge in [0.1, 0.15) is 0 Å². The number of halogens is 1. The Hall–Kier alpha value is -1.96. The van der Waals surface area contributed by atoms with E-state index in [0.717, 1.165) is 4.47 Å². The lowest BCUT2D eigenvalue weighted by molar-refractivity contribution is 0.256. The number of benzene rings is 1. The monoisotopic (exact) mass is 282 g/mol. The van der Waals surface area contributed by atoms with Crippen LogP contribution in [0.4, 0.5) is 16.4 Å². The van der Waals surface area contributed by atoms with E-state index in [2.05, 4.69) is 36.6 Å². The second-order valence-corrected chi connectivity index (χ2v) is 3.79. The van der Waals surface area contributed by atoms with Crippen molar-refractivity contribution in [2.75, 3.05) is 4.90 Å². The second-order valence-electron chi connectivity index (χ2n) is 2.88. The topological polar surface area (TPSA) is 101 Å². The number of hydrogen-bond donors (Lipinski definition) is 2. The molecule has 0 saturated carbocycles. The number of anilines is 2. The van der Waals surface area contributed by atoms with Crippen molar-refractivity contribution in [3.8, 4) is 0 Å².